The number of carbonyl (C=O) groups is 1. The van der Waals surface area contributed by atoms with Gasteiger partial charge < -0.3 is 0 Å². The molecule has 0 unspecified atom stereocenters. The molecule has 15 heavy (non-hydrogen) atoms. The molecule has 0 saturated heterocycles. The minimum atomic E-state index is -0.111. The van der Waals surface area contributed by atoms with Gasteiger partial charge in [-0.1, -0.05) is 19.3 Å². The van der Waals surface area contributed by atoms with Gasteiger partial charge in [-0.25, -0.2) is 4.98 Å². The smallest absolute Gasteiger partial charge is 0.217 e. The predicted molar refractivity (Wildman–Crippen MR) is 55.7 cm³/mol. The van der Waals surface area contributed by atoms with E-state index in [-0.39, 0.29) is 11.6 Å². The van der Waals surface area contributed by atoms with Crippen molar-refractivity contribution in [2.75, 3.05) is 0 Å². The Kier molecular flexibility index (Phi) is 3.04. The third kappa shape index (κ3) is 2.37. The minimum Gasteiger partial charge on any atom is -0.291 e. The summed E-state index contributed by atoms with van der Waals surface area (Å²) < 4.78 is 0. The van der Waals surface area contributed by atoms with Crippen LogP contribution in [-0.2, 0) is 0 Å². The maximum atomic E-state index is 11.1. The normalized spacial score (nSPS) is 17.7. The molecule has 0 aliphatic heterocycles. The quantitative estimate of drug-likeness (QED) is 0.694. The fourth-order valence-electron chi connectivity index (χ4n) is 2.06. The lowest BCUT2D eigenvalue weighted by Crippen LogP contribution is -2.11. The summed E-state index contributed by atoms with van der Waals surface area (Å²) >= 11 is 0. The zero-order chi connectivity index (χ0) is 10.7. The van der Waals surface area contributed by atoms with Gasteiger partial charge in [-0.3, -0.25) is 4.79 Å². The first kappa shape index (κ1) is 10.2. The Morgan fingerprint density at radius 3 is 2.73 bits per heavy atom. The molecule has 0 bridgehead atoms. The van der Waals surface area contributed by atoms with E-state index in [2.05, 4.69) is 15.2 Å². The third-order valence-corrected chi connectivity index (χ3v) is 2.92. The van der Waals surface area contributed by atoms with Gasteiger partial charge in [0.25, 0.3) is 0 Å². The summed E-state index contributed by atoms with van der Waals surface area (Å²) in [5.74, 6) is 0.616. The van der Waals surface area contributed by atoms with E-state index in [0.717, 1.165) is 18.5 Å². The van der Waals surface area contributed by atoms with Gasteiger partial charge in [-0.05, 0) is 12.8 Å². The molecule has 1 aromatic heterocycles. The fraction of sp³-hybridized carbons (Fsp3) is 0.636. The maximum absolute atomic E-state index is 11.1. The van der Waals surface area contributed by atoms with Crippen molar-refractivity contribution in [1.82, 2.24) is 15.2 Å². The number of hydrogen-bond acceptors (Lipinski definition) is 4. The van der Waals surface area contributed by atoms with E-state index in [1.54, 1.807) is 6.20 Å². The highest BCUT2D eigenvalue weighted by molar-refractivity contribution is 5.89. The molecule has 0 aromatic carbocycles. The molecule has 0 N–H and O–H groups in total. The second-order valence-electron chi connectivity index (χ2n) is 4.10. The van der Waals surface area contributed by atoms with Crippen LogP contribution in [0.15, 0.2) is 6.20 Å². The monoisotopic (exact) mass is 205 g/mol. The molecule has 1 aliphatic rings. The molecule has 2 rings (SSSR count). The van der Waals surface area contributed by atoms with Gasteiger partial charge in [0.1, 0.15) is 0 Å². The minimum absolute atomic E-state index is 0.111. The average molecular weight is 205 g/mol. The second kappa shape index (κ2) is 4.47. The first-order valence-corrected chi connectivity index (χ1v) is 5.48. The lowest BCUT2D eigenvalue weighted by molar-refractivity contribution is 0.100. The number of rotatable bonds is 2. The molecule has 1 aromatic rings. The second-order valence-corrected chi connectivity index (χ2v) is 4.10. The van der Waals surface area contributed by atoms with Crippen LogP contribution in [0.2, 0.25) is 0 Å². The van der Waals surface area contributed by atoms with E-state index in [1.807, 2.05) is 0 Å². The Labute approximate surface area is 89.1 Å². The van der Waals surface area contributed by atoms with Gasteiger partial charge >= 0.3 is 0 Å². The highest BCUT2D eigenvalue weighted by Crippen LogP contribution is 2.30. The van der Waals surface area contributed by atoms with Gasteiger partial charge in [-0.2, -0.15) is 5.10 Å². The number of nitrogens with zero attached hydrogens (tertiary/aromatic N) is 3. The third-order valence-electron chi connectivity index (χ3n) is 2.92. The molecular weight excluding hydrogens is 190 g/mol. The summed E-state index contributed by atoms with van der Waals surface area (Å²) in [6.45, 7) is 1.47. The number of aromatic nitrogens is 3. The van der Waals surface area contributed by atoms with Crippen molar-refractivity contribution in [3.63, 3.8) is 0 Å². The molecule has 0 spiro atoms. The molecular formula is C11H15N3O. The summed E-state index contributed by atoms with van der Waals surface area (Å²) in [6.07, 6.45) is 7.84. The first-order valence-electron chi connectivity index (χ1n) is 5.48. The van der Waals surface area contributed by atoms with Crippen LogP contribution in [0, 0.1) is 0 Å². The Balaban J connectivity index is 2.19. The Morgan fingerprint density at radius 1 is 1.33 bits per heavy atom. The molecule has 1 fully saturated rings. The van der Waals surface area contributed by atoms with E-state index in [1.165, 1.54) is 26.2 Å². The number of ketones is 1. The van der Waals surface area contributed by atoms with Crippen LogP contribution >= 0.6 is 0 Å². The molecule has 4 nitrogen and oxygen atoms in total. The summed E-state index contributed by atoms with van der Waals surface area (Å²) in [7, 11) is 0. The molecule has 80 valence electrons. The standard InChI is InChI=1S/C11H15N3O/c1-8(15)11-13-10(7-12-14-11)9-5-3-2-4-6-9/h7,9H,2-6H2,1H3. The van der Waals surface area contributed by atoms with Crippen molar-refractivity contribution in [3.05, 3.63) is 17.7 Å². The average Bonchev–Trinajstić information content (AvgIpc) is 2.30. The van der Waals surface area contributed by atoms with Crippen molar-refractivity contribution in [3.8, 4) is 0 Å². The van der Waals surface area contributed by atoms with Crippen LogP contribution in [-0.4, -0.2) is 21.0 Å². The van der Waals surface area contributed by atoms with E-state index in [4.69, 9.17) is 0 Å². The van der Waals surface area contributed by atoms with E-state index < -0.39 is 0 Å². The van der Waals surface area contributed by atoms with Gasteiger partial charge in [0.05, 0.1) is 11.9 Å². The predicted octanol–water partition coefficient (Wildman–Crippen LogP) is 2.12. The lowest BCUT2D eigenvalue weighted by atomic mass is 9.87. The van der Waals surface area contributed by atoms with Crippen molar-refractivity contribution >= 4 is 5.78 Å². The number of hydrogen-bond donors (Lipinski definition) is 0. The highest BCUT2D eigenvalue weighted by atomic mass is 16.1. The van der Waals surface area contributed by atoms with Gasteiger partial charge in [0.15, 0.2) is 5.78 Å². The Morgan fingerprint density at radius 2 is 2.07 bits per heavy atom. The molecule has 1 aliphatic carbocycles. The summed E-state index contributed by atoms with van der Waals surface area (Å²) in [5, 5.41) is 7.57. The molecule has 0 atom stereocenters. The lowest BCUT2D eigenvalue weighted by Gasteiger charge is -2.20. The molecule has 1 saturated carbocycles. The van der Waals surface area contributed by atoms with E-state index >= 15 is 0 Å². The van der Waals surface area contributed by atoms with Crippen LogP contribution in [0.3, 0.4) is 0 Å². The van der Waals surface area contributed by atoms with Crippen LogP contribution < -0.4 is 0 Å². The van der Waals surface area contributed by atoms with Crippen molar-refractivity contribution in [2.24, 2.45) is 0 Å². The van der Waals surface area contributed by atoms with E-state index in [0.29, 0.717) is 5.92 Å². The van der Waals surface area contributed by atoms with Crippen molar-refractivity contribution < 1.29 is 4.79 Å². The van der Waals surface area contributed by atoms with Crippen molar-refractivity contribution in [1.29, 1.82) is 0 Å². The molecule has 1 heterocycles. The van der Waals surface area contributed by atoms with Crippen LogP contribution in [0.1, 0.15) is 61.3 Å². The zero-order valence-corrected chi connectivity index (χ0v) is 8.94. The fourth-order valence-corrected chi connectivity index (χ4v) is 2.06. The van der Waals surface area contributed by atoms with E-state index in [9.17, 15) is 4.79 Å². The first-order chi connectivity index (χ1) is 7.27. The van der Waals surface area contributed by atoms with Crippen molar-refractivity contribution in [2.45, 2.75) is 44.9 Å². The Hall–Kier alpha value is -1.32. The van der Waals surface area contributed by atoms with Crippen LogP contribution in [0.25, 0.3) is 0 Å². The van der Waals surface area contributed by atoms with Gasteiger partial charge in [-0.15, -0.1) is 5.10 Å². The SMILES string of the molecule is CC(=O)c1nncc(C2CCCCC2)n1. The summed E-state index contributed by atoms with van der Waals surface area (Å²) in [4.78, 5) is 15.4. The summed E-state index contributed by atoms with van der Waals surface area (Å²) in [6, 6.07) is 0. The number of Topliss-reactive ketones (excluding diaryl/α,β-unsaturated/α-hetero) is 1. The Bertz CT molecular complexity index is 359. The van der Waals surface area contributed by atoms with Gasteiger partial charge in [0, 0.05) is 12.8 Å². The largest absolute Gasteiger partial charge is 0.291 e. The zero-order valence-electron chi connectivity index (χ0n) is 8.94. The summed E-state index contributed by atoms with van der Waals surface area (Å²) in [5.41, 5.74) is 0.940. The van der Waals surface area contributed by atoms with Crippen LogP contribution in [0.5, 0.6) is 0 Å². The maximum Gasteiger partial charge on any atom is 0.217 e. The molecule has 0 radical (unpaired) electrons. The molecule has 4 heteroatoms. The van der Waals surface area contributed by atoms with Gasteiger partial charge in [0.2, 0.25) is 5.82 Å². The van der Waals surface area contributed by atoms with Crippen LogP contribution in [0.4, 0.5) is 0 Å². The number of carbonyl (C=O) groups excluding carboxylic acids is 1. The molecule has 0 amide bonds. The highest BCUT2D eigenvalue weighted by Gasteiger charge is 2.18. The topological polar surface area (TPSA) is 55.7 Å².